The molecule has 0 spiro atoms. The first-order chi connectivity index (χ1) is 9.97. The molecule has 0 aliphatic heterocycles. The second kappa shape index (κ2) is 7.08. The van der Waals surface area contributed by atoms with Crippen molar-refractivity contribution in [3.8, 4) is 0 Å². The highest BCUT2D eigenvalue weighted by molar-refractivity contribution is 6.31. The van der Waals surface area contributed by atoms with Gasteiger partial charge in [0.05, 0.1) is 6.54 Å². The Hall–Kier alpha value is -1.35. The molecule has 2 aromatic rings. The van der Waals surface area contributed by atoms with Gasteiger partial charge in [-0.3, -0.25) is 9.69 Å². The maximum absolute atomic E-state index is 12.3. The molecule has 0 radical (unpaired) electrons. The van der Waals surface area contributed by atoms with E-state index < -0.39 is 0 Å². The molecule has 0 aromatic heterocycles. The predicted molar refractivity (Wildman–Crippen MR) is 88.3 cm³/mol. The first-order valence-corrected chi connectivity index (χ1v) is 7.47. The molecule has 0 heterocycles. The van der Waals surface area contributed by atoms with Crippen molar-refractivity contribution in [1.29, 1.82) is 0 Å². The largest absolute Gasteiger partial charge is 0.293 e. The molecule has 0 amide bonds. The van der Waals surface area contributed by atoms with Crippen molar-refractivity contribution < 1.29 is 4.79 Å². The molecule has 0 saturated heterocycles. The van der Waals surface area contributed by atoms with Crippen molar-refractivity contribution in [3.63, 3.8) is 0 Å². The lowest BCUT2D eigenvalue weighted by atomic mass is 10.1. The Morgan fingerprint density at radius 2 is 1.76 bits per heavy atom. The molecular formula is C17H17Cl2NO. The Morgan fingerprint density at radius 3 is 2.38 bits per heavy atom. The highest BCUT2D eigenvalue weighted by atomic mass is 35.5. The molecule has 0 N–H and O–H groups in total. The molecule has 1 unspecified atom stereocenters. The van der Waals surface area contributed by atoms with Gasteiger partial charge in [-0.15, -0.1) is 0 Å². The van der Waals surface area contributed by atoms with Gasteiger partial charge in [0, 0.05) is 21.7 Å². The zero-order valence-corrected chi connectivity index (χ0v) is 13.5. The molecule has 110 valence electrons. The summed E-state index contributed by atoms with van der Waals surface area (Å²) in [6, 6.07) is 14.8. The van der Waals surface area contributed by atoms with Crippen LogP contribution in [0.4, 0.5) is 0 Å². The van der Waals surface area contributed by atoms with Gasteiger partial charge < -0.3 is 0 Å². The minimum Gasteiger partial charge on any atom is -0.293 e. The van der Waals surface area contributed by atoms with Crippen molar-refractivity contribution in [2.75, 3.05) is 13.6 Å². The smallest absolute Gasteiger partial charge is 0.176 e. The third kappa shape index (κ3) is 4.31. The van der Waals surface area contributed by atoms with Crippen LogP contribution in [0, 0.1) is 0 Å². The van der Waals surface area contributed by atoms with Gasteiger partial charge >= 0.3 is 0 Å². The standard InChI is InChI=1S/C17H17Cl2NO/c1-12(13-6-8-15(18)9-7-13)20(2)11-17(21)14-4-3-5-16(19)10-14/h3-10,12H,11H2,1-2H3. The van der Waals surface area contributed by atoms with Crippen LogP contribution >= 0.6 is 23.2 Å². The monoisotopic (exact) mass is 321 g/mol. The van der Waals surface area contributed by atoms with Gasteiger partial charge in [0.2, 0.25) is 0 Å². The maximum atomic E-state index is 12.3. The summed E-state index contributed by atoms with van der Waals surface area (Å²) in [7, 11) is 1.93. The molecule has 4 heteroatoms. The van der Waals surface area contributed by atoms with E-state index in [-0.39, 0.29) is 11.8 Å². The molecule has 1 atom stereocenters. The van der Waals surface area contributed by atoms with E-state index in [1.54, 1.807) is 24.3 Å². The first kappa shape index (κ1) is 16.0. The maximum Gasteiger partial charge on any atom is 0.176 e. The number of ketones is 1. The normalized spacial score (nSPS) is 12.4. The molecule has 21 heavy (non-hydrogen) atoms. The van der Waals surface area contributed by atoms with E-state index in [1.165, 1.54) is 0 Å². The number of carbonyl (C=O) groups is 1. The second-order valence-electron chi connectivity index (χ2n) is 5.08. The van der Waals surface area contributed by atoms with Crippen LogP contribution in [-0.2, 0) is 0 Å². The van der Waals surface area contributed by atoms with E-state index in [9.17, 15) is 4.79 Å². The summed E-state index contributed by atoms with van der Waals surface area (Å²) >= 11 is 11.8. The summed E-state index contributed by atoms with van der Waals surface area (Å²) in [5.41, 5.74) is 1.76. The second-order valence-corrected chi connectivity index (χ2v) is 5.95. The fourth-order valence-corrected chi connectivity index (χ4v) is 2.43. The number of Topliss-reactive ketones (excluding diaryl/α,β-unsaturated/α-hetero) is 1. The topological polar surface area (TPSA) is 20.3 Å². The fourth-order valence-electron chi connectivity index (χ4n) is 2.11. The van der Waals surface area contributed by atoms with E-state index in [0.29, 0.717) is 22.2 Å². The third-order valence-corrected chi connectivity index (χ3v) is 4.04. The number of likely N-dealkylation sites (N-methyl/N-ethyl adjacent to an activating group) is 1. The summed E-state index contributed by atoms with van der Waals surface area (Å²) in [4.78, 5) is 14.3. The quantitative estimate of drug-likeness (QED) is 0.732. The number of halogens is 2. The van der Waals surface area contributed by atoms with Gasteiger partial charge in [-0.25, -0.2) is 0 Å². The van der Waals surface area contributed by atoms with Crippen LogP contribution in [0.15, 0.2) is 48.5 Å². The average Bonchev–Trinajstić information content (AvgIpc) is 2.47. The van der Waals surface area contributed by atoms with E-state index in [4.69, 9.17) is 23.2 Å². The number of hydrogen-bond donors (Lipinski definition) is 0. The van der Waals surface area contributed by atoms with E-state index in [0.717, 1.165) is 5.56 Å². The SMILES string of the molecule is CC(c1ccc(Cl)cc1)N(C)CC(=O)c1cccc(Cl)c1. The van der Waals surface area contributed by atoms with E-state index in [1.807, 2.05) is 36.2 Å². The molecule has 0 saturated carbocycles. The highest BCUT2D eigenvalue weighted by Gasteiger charge is 2.16. The number of carbonyl (C=O) groups excluding carboxylic acids is 1. The molecule has 0 bridgehead atoms. The lowest BCUT2D eigenvalue weighted by molar-refractivity contribution is 0.0925. The summed E-state index contributed by atoms with van der Waals surface area (Å²) in [5.74, 6) is 0.0563. The molecule has 0 fully saturated rings. The fraction of sp³-hybridized carbons (Fsp3) is 0.235. The zero-order chi connectivity index (χ0) is 15.4. The first-order valence-electron chi connectivity index (χ1n) is 6.72. The van der Waals surface area contributed by atoms with Gasteiger partial charge in [-0.1, -0.05) is 47.5 Å². The van der Waals surface area contributed by atoms with Crippen LogP contribution in [0.2, 0.25) is 10.0 Å². The Bertz CT molecular complexity index is 625. The van der Waals surface area contributed by atoms with Crippen LogP contribution in [0.1, 0.15) is 28.9 Å². The molecule has 2 nitrogen and oxygen atoms in total. The van der Waals surface area contributed by atoms with Crippen LogP contribution in [-0.4, -0.2) is 24.3 Å². The summed E-state index contributed by atoms with van der Waals surface area (Å²) in [6.07, 6.45) is 0. The molecule has 2 rings (SSSR count). The van der Waals surface area contributed by atoms with Crippen molar-refractivity contribution in [2.24, 2.45) is 0 Å². The molecule has 0 aliphatic rings. The number of nitrogens with zero attached hydrogens (tertiary/aromatic N) is 1. The predicted octanol–water partition coefficient (Wildman–Crippen LogP) is 4.87. The van der Waals surface area contributed by atoms with E-state index in [2.05, 4.69) is 6.92 Å². The highest BCUT2D eigenvalue weighted by Crippen LogP contribution is 2.21. The molecule has 0 aliphatic carbocycles. The minimum absolute atomic E-state index is 0.0563. The average molecular weight is 322 g/mol. The zero-order valence-electron chi connectivity index (χ0n) is 12.0. The number of hydrogen-bond acceptors (Lipinski definition) is 2. The van der Waals surface area contributed by atoms with Gasteiger partial charge in [0.15, 0.2) is 5.78 Å². The van der Waals surface area contributed by atoms with Crippen LogP contribution in [0.5, 0.6) is 0 Å². The van der Waals surface area contributed by atoms with Crippen LogP contribution in [0.3, 0.4) is 0 Å². The third-order valence-electron chi connectivity index (χ3n) is 3.55. The number of rotatable bonds is 5. The number of benzene rings is 2. The van der Waals surface area contributed by atoms with Crippen LogP contribution in [0.25, 0.3) is 0 Å². The molecule has 2 aromatic carbocycles. The van der Waals surface area contributed by atoms with Crippen molar-refractivity contribution >= 4 is 29.0 Å². The van der Waals surface area contributed by atoms with Gasteiger partial charge in [-0.2, -0.15) is 0 Å². The summed E-state index contributed by atoms with van der Waals surface area (Å²) in [5, 5.41) is 1.29. The Kier molecular flexibility index (Phi) is 5.40. The summed E-state index contributed by atoms with van der Waals surface area (Å²) < 4.78 is 0. The van der Waals surface area contributed by atoms with Crippen molar-refractivity contribution in [3.05, 3.63) is 69.7 Å². The van der Waals surface area contributed by atoms with Crippen molar-refractivity contribution in [1.82, 2.24) is 4.90 Å². The Morgan fingerprint density at radius 1 is 1.10 bits per heavy atom. The van der Waals surface area contributed by atoms with Gasteiger partial charge in [-0.05, 0) is 43.8 Å². The lowest BCUT2D eigenvalue weighted by Crippen LogP contribution is -2.28. The minimum atomic E-state index is 0.0563. The summed E-state index contributed by atoms with van der Waals surface area (Å²) in [6.45, 7) is 2.40. The Balaban J connectivity index is 2.05. The van der Waals surface area contributed by atoms with E-state index >= 15 is 0 Å². The molecular weight excluding hydrogens is 305 g/mol. The van der Waals surface area contributed by atoms with Gasteiger partial charge in [0.25, 0.3) is 0 Å². The van der Waals surface area contributed by atoms with Gasteiger partial charge in [0.1, 0.15) is 0 Å². The van der Waals surface area contributed by atoms with Crippen molar-refractivity contribution in [2.45, 2.75) is 13.0 Å². The van der Waals surface area contributed by atoms with Crippen LogP contribution < -0.4 is 0 Å². The lowest BCUT2D eigenvalue weighted by Gasteiger charge is -2.24. The Labute approximate surface area is 135 Å².